The Bertz CT molecular complexity index is 1600. The van der Waals surface area contributed by atoms with Crippen molar-refractivity contribution in [2.24, 2.45) is 0 Å². The molecule has 0 bridgehead atoms. The molecule has 3 heterocycles. The maximum atomic E-state index is 12.8. The predicted molar refractivity (Wildman–Crippen MR) is 132 cm³/mol. The van der Waals surface area contributed by atoms with E-state index in [-0.39, 0.29) is 18.7 Å². The second-order valence-electron chi connectivity index (χ2n) is 8.60. The van der Waals surface area contributed by atoms with Crippen LogP contribution in [0.3, 0.4) is 0 Å². The van der Waals surface area contributed by atoms with E-state index in [0.717, 1.165) is 28.9 Å². The third-order valence-corrected chi connectivity index (χ3v) is 5.83. The van der Waals surface area contributed by atoms with Gasteiger partial charge in [-0.2, -0.15) is 18.3 Å². The van der Waals surface area contributed by atoms with E-state index in [1.807, 2.05) is 37.2 Å². The number of halogens is 3. The van der Waals surface area contributed by atoms with Crippen molar-refractivity contribution < 1.29 is 22.7 Å². The number of fused-ring (bicyclic) bond motifs is 2. The fourth-order valence-corrected chi connectivity index (χ4v) is 3.86. The third kappa shape index (κ3) is 5.06. The minimum absolute atomic E-state index is 0.0595. The number of aryl methyl sites for hydroxylation is 1. The summed E-state index contributed by atoms with van der Waals surface area (Å²) in [5, 5.41) is 5.65. The number of pyridine rings is 1. The van der Waals surface area contributed by atoms with Crippen molar-refractivity contribution in [3.8, 4) is 11.6 Å². The van der Waals surface area contributed by atoms with Gasteiger partial charge >= 0.3 is 6.18 Å². The van der Waals surface area contributed by atoms with Gasteiger partial charge in [0.25, 0.3) is 0 Å². The highest BCUT2D eigenvalue weighted by molar-refractivity contribution is 5.91. The molecule has 5 aromatic rings. The molecule has 0 N–H and O–H groups in total. The molecule has 37 heavy (non-hydrogen) atoms. The molecular weight excluding hydrogens is 485 g/mol. The zero-order valence-electron chi connectivity index (χ0n) is 19.9. The molecule has 0 atom stereocenters. The molecule has 0 spiro atoms. The number of carbonyl (C=O) groups is 1. The zero-order valence-corrected chi connectivity index (χ0v) is 19.9. The summed E-state index contributed by atoms with van der Waals surface area (Å²) in [6.07, 6.45) is -0.0628. The minimum atomic E-state index is -4.50. The number of benzene rings is 2. The average molecular weight is 506 g/mol. The third-order valence-electron chi connectivity index (χ3n) is 5.83. The van der Waals surface area contributed by atoms with Gasteiger partial charge in [-0.15, -0.1) is 0 Å². The van der Waals surface area contributed by atoms with E-state index in [9.17, 15) is 18.0 Å². The van der Waals surface area contributed by atoms with Gasteiger partial charge in [0, 0.05) is 37.8 Å². The van der Waals surface area contributed by atoms with E-state index in [1.54, 1.807) is 24.4 Å². The van der Waals surface area contributed by atoms with Gasteiger partial charge in [-0.25, -0.2) is 14.6 Å². The van der Waals surface area contributed by atoms with Crippen LogP contribution in [0.2, 0.25) is 0 Å². The molecule has 11 heteroatoms. The molecule has 2 aromatic carbocycles. The minimum Gasteiger partial charge on any atom is -0.438 e. The Hall–Kier alpha value is -4.54. The highest BCUT2D eigenvalue weighted by Gasteiger charge is 2.32. The lowest BCUT2D eigenvalue weighted by Gasteiger charge is -2.13. The van der Waals surface area contributed by atoms with Crippen LogP contribution in [0, 0.1) is 0 Å². The van der Waals surface area contributed by atoms with Crippen molar-refractivity contribution in [1.82, 2.24) is 24.7 Å². The Morgan fingerprint density at radius 1 is 1.00 bits per heavy atom. The molecule has 3 aromatic heterocycles. The lowest BCUT2D eigenvalue weighted by atomic mass is 10.1. The second-order valence-corrected chi connectivity index (χ2v) is 8.60. The van der Waals surface area contributed by atoms with Crippen LogP contribution in [0.15, 0.2) is 67.3 Å². The van der Waals surface area contributed by atoms with Crippen LogP contribution >= 0.6 is 0 Å². The largest absolute Gasteiger partial charge is 0.438 e. The Morgan fingerprint density at radius 3 is 2.57 bits per heavy atom. The molecule has 0 fully saturated rings. The lowest BCUT2D eigenvalue weighted by molar-refractivity contribution is -0.141. The molecule has 5 rings (SSSR count). The SMILES string of the molecule is CN(C)c1ccc2c(Oc3ccc4c(cnn4C(=O)CCc4ccc(C(F)(F)F)nc4)c3)ncnc2c1. The highest BCUT2D eigenvalue weighted by Crippen LogP contribution is 2.31. The van der Waals surface area contributed by atoms with Crippen molar-refractivity contribution in [3.05, 3.63) is 78.5 Å². The molecule has 0 radical (unpaired) electrons. The summed E-state index contributed by atoms with van der Waals surface area (Å²) in [4.78, 5) is 26.8. The summed E-state index contributed by atoms with van der Waals surface area (Å²) in [5.74, 6) is 0.636. The molecule has 8 nitrogen and oxygen atoms in total. The number of hydrogen-bond acceptors (Lipinski definition) is 7. The first-order valence-corrected chi connectivity index (χ1v) is 11.3. The van der Waals surface area contributed by atoms with Gasteiger partial charge in [-0.1, -0.05) is 6.07 Å². The zero-order chi connectivity index (χ0) is 26.2. The second kappa shape index (κ2) is 9.49. The molecule has 0 unspecified atom stereocenters. The van der Waals surface area contributed by atoms with Gasteiger partial charge in [0.15, 0.2) is 0 Å². The van der Waals surface area contributed by atoms with Crippen LogP contribution in [-0.4, -0.2) is 44.7 Å². The number of aromatic nitrogens is 5. The van der Waals surface area contributed by atoms with E-state index >= 15 is 0 Å². The van der Waals surface area contributed by atoms with Crippen molar-refractivity contribution in [2.45, 2.75) is 19.0 Å². The number of rotatable bonds is 6. The van der Waals surface area contributed by atoms with E-state index in [4.69, 9.17) is 4.74 Å². The van der Waals surface area contributed by atoms with E-state index in [2.05, 4.69) is 20.1 Å². The monoisotopic (exact) mass is 506 g/mol. The number of hydrogen-bond donors (Lipinski definition) is 0. The number of nitrogens with zero attached hydrogens (tertiary/aromatic N) is 6. The molecule has 0 saturated carbocycles. The normalized spacial score (nSPS) is 11.7. The summed E-state index contributed by atoms with van der Waals surface area (Å²) < 4.78 is 45.4. The van der Waals surface area contributed by atoms with Crippen LogP contribution in [0.25, 0.3) is 21.8 Å². The summed E-state index contributed by atoms with van der Waals surface area (Å²) in [5.41, 5.74) is 1.91. The first kappa shape index (κ1) is 24.2. The van der Waals surface area contributed by atoms with E-state index in [0.29, 0.717) is 28.1 Å². The lowest BCUT2D eigenvalue weighted by Crippen LogP contribution is -2.13. The van der Waals surface area contributed by atoms with Crippen molar-refractivity contribution in [2.75, 3.05) is 19.0 Å². The van der Waals surface area contributed by atoms with Gasteiger partial charge in [-0.05, 0) is 54.4 Å². The van der Waals surface area contributed by atoms with Crippen LogP contribution in [0.5, 0.6) is 11.6 Å². The fraction of sp³-hybridized carbons (Fsp3) is 0.192. The van der Waals surface area contributed by atoms with Crippen LogP contribution < -0.4 is 9.64 Å². The van der Waals surface area contributed by atoms with Gasteiger partial charge < -0.3 is 9.64 Å². The number of carbonyl (C=O) groups excluding carboxylic acids is 1. The maximum absolute atomic E-state index is 12.8. The smallest absolute Gasteiger partial charge is 0.433 e. The van der Waals surface area contributed by atoms with Crippen LogP contribution in [0.1, 0.15) is 22.5 Å². The first-order chi connectivity index (χ1) is 17.7. The standard InChI is InChI=1S/C26H21F3N6O2/c1-34(2)18-5-7-20-21(12-18)31-15-32-25(20)37-19-6-8-22-17(11-19)14-33-35(22)24(36)10-4-16-3-9-23(30-13-16)26(27,28)29/h3,5-9,11-15H,4,10H2,1-2H3. The molecule has 188 valence electrons. The van der Waals surface area contributed by atoms with Gasteiger partial charge in [0.1, 0.15) is 17.8 Å². The molecule has 0 aliphatic rings. The summed E-state index contributed by atoms with van der Waals surface area (Å²) in [6.45, 7) is 0. The van der Waals surface area contributed by atoms with Crippen molar-refractivity contribution >= 4 is 33.4 Å². The highest BCUT2D eigenvalue weighted by atomic mass is 19.4. The molecular formula is C26H21F3N6O2. The Labute approximate surface area is 209 Å². The van der Waals surface area contributed by atoms with Gasteiger partial charge in [0.05, 0.1) is 22.6 Å². The van der Waals surface area contributed by atoms with Gasteiger partial charge in [-0.3, -0.25) is 9.78 Å². The van der Waals surface area contributed by atoms with Gasteiger partial charge in [0.2, 0.25) is 11.8 Å². The van der Waals surface area contributed by atoms with Crippen molar-refractivity contribution in [3.63, 3.8) is 0 Å². The Kier molecular flexibility index (Phi) is 6.20. The van der Waals surface area contributed by atoms with Crippen LogP contribution in [0.4, 0.5) is 18.9 Å². The number of ether oxygens (including phenoxy) is 1. The molecule has 0 amide bonds. The number of alkyl halides is 3. The van der Waals surface area contributed by atoms with E-state index < -0.39 is 11.9 Å². The fourth-order valence-electron chi connectivity index (χ4n) is 3.86. The first-order valence-electron chi connectivity index (χ1n) is 11.3. The average Bonchev–Trinajstić information content (AvgIpc) is 3.30. The predicted octanol–water partition coefficient (Wildman–Crippen LogP) is 5.52. The maximum Gasteiger partial charge on any atom is 0.433 e. The number of anilines is 1. The summed E-state index contributed by atoms with van der Waals surface area (Å²) >= 11 is 0. The molecule has 0 saturated heterocycles. The Morgan fingerprint density at radius 2 is 1.84 bits per heavy atom. The summed E-state index contributed by atoms with van der Waals surface area (Å²) in [7, 11) is 3.90. The summed E-state index contributed by atoms with van der Waals surface area (Å²) in [6, 6.07) is 13.2. The van der Waals surface area contributed by atoms with E-state index in [1.165, 1.54) is 17.1 Å². The Balaban J connectivity index is 1.31. The topological polar surface area (TPSA) is 86.0 Å². The quantitative estimate of drug-likeness (QED) is 0.300. The van der Waals surface area contributed by atoms with Crippen molar-refractivity contribution in [1.29, 1.82) is 0 Å². The molecule has 0 aliphatic heterocycles. The molecule has 0 aliphatic carbocycles. The van der Waals surface area contributed by atoms with Crippen LogP contribution in [-0.2, 0) is 12.6 Å².